The van der Waals surface area contributed by atoms with Gasteiger partial charge in [0.2, 0.25) is 0 Å². The van der Waals surface area contributed by atoms with Gasteiger partial charge in [0.25, 0.3) is 0 Å². The van der Waals surface area contributed by atoms with Crippen molar-refractivity contribution >= 4 is 11.9 Å². The second-order valence-corrected chi connectivity index (χ2v) is 2.36. The average Bonchev–Trinajstić information content (AvgIpc) is 2.00. The van der Waals surface area contributed by atoms with E-state index in [4.69, 9.17) is 0 Å². The fraction of sp³-hybridized carbons (Fsp3) is 0.500. The second-order valence-electron chi connectivity index (χ2n) is 2.36. The first-order valence-electron chi connectivity index (χ1n) is 3.65. The Morgan fingerprint density at radius 2 is 1.92 bits per heavy atom. The molecule has 0 rings (SSSR count). The highest BCUT2D eigenvalue weighted by Crippen LogP contribution is 1.96. The van der Waals surface area contributed by atoms with Crippen LogP contribution in [0.15, 0.2) is 12.2 Å². The van der Waals surface area contributed by atoms with Crippen molar-refractivity contribution in [3.05, 3.63) is 12.2 Å². The molecule has 0 unspecified atom stereocenters. The number of carbonyl (C=O) groups is 2. The molecular weight excluding hydrogens is 160 g/mol. The summed E-state index contributed by atoms with van der Waals surface area (Å²) in [6, 6.07) is 0. The molecule has 0 saturated carbocycles. The van der Waals surface area contributed by atoms with E-state index in [0.717, 1.165) is 0 Å². The van der Waals surface area contributed by atoms with Crippen LogP contribution in [0.5, 0.6) is 0 Å². The Kier molecular flexibility index (Phi) is 4.76. The molecule has 68 valence electrons. The summed E-state index contributed by atoms with van der Waals surface area (Å²) in [5.41, 5.74) is 0.194. The molecule has 0 bridgehead atoms. The lowest BCUT2D eigenvalue weighted by Gasteiger charge is -2.00. The van der Waals surface area contributed by atoms with Gasteiger partial charge in [-0.2, -0.15) is 0 Å². The van der Waals surface area contributed by atoms with Gasteiger partial charge in [0.05, 0.1) is 0 Å². The van der Waals surface area contributed by atoms with Crippen LogP contribution in [-0.4, -0.2) is 11.9 Å². The van der Waals surface area contributed by atoms with Crippen LogP contribution in [0.25, 0.3) is 0 Å². The summed E-state index contributed by atoms with van der Waals surface area (Å²) in [5.74, 6) is -1.27. The third kappa shape index (κ3) is 4.49. The third-order valence-corrected chi connectivity index (χ3v) is 1.01. The molecule has 0 aromatic carbocycles. The molecule has 0 saturated heterocycles. The molecule has 0 amide bonds. The maximum Gasteiger partial charge on any atom is 0.381 e. The number of rotatable bonds is 3. The van der Waals surface area contributed by atoms with Gasteiger partial charge in [-0.25, -0.2) is 19.4 Å². The van der Waals surface area contributed by atoms with Gasteiger partial charge in [0, 0.05) is 12.0 Å². The van der Waals surface area contributed by atoms with Gasteiger partial charge in [0.1, 0.15) is 0 Å². The van der Waals surface area contributed by atoms with E-state index in [-0.39, 0.29) is 12.0 Å². The highest BCUT2D eigenvalue weighted by atomic mass is 17.2. The first kappa shape index (κ1) is 10.7. The largest absolute Gasteiger partial charge is 0.381 e. The topological polar surface area (TPSA) is 52.6 Å². The molecule has 4 heteroatoms. The van der Waals surface area contributed by atoms with Crippen molar-refractivity contribution < 1.29 is 19.4 Å². The van der Waals surface area contributed by atoms with E-state index < -0.39 is 11.9 Å². The maximum absolute atomic E-state index is 10.7. The van der Waals surface area contributed by atoms with Crippen LogP contribution in [0.4, 0.5) is 0 Å². The maximum atomic E-state index is 10.7. The van der Waals surface area contributed by atoms with Crippen molar-refractivity contribution in [1.29, 1.82) is 0 Å². The zero-order valence-corrected chi connectivity index (χ0v) is 7.25. The first-order chi connectivity index (χ1) is 5.57. The quantitative estimate of drug-likeness (QED) is 0.366. The highest BCUT2D eigenvalue weighted by Gasteiger charge is 2.08. The van der Waals surface area contributed by atoms with Gasteiger partial charge in [-0.3, -0.25) is 0 Å². The van der Waals surface area contributed by atoms with Crippen LogP contribution >= 0.6 is 0 Å². The van der Waals surface area contributed by atoms with E-state index >= 15 is 0 Å². The highest BCUT2D eigenvalue weighted by molar-refractivity contribution is 5.87. The van der Waals surface area contributed by atoms with Crippen molar-refractivity contribution in [3.8, 4) is 0 Å². The van der Waals surface area contributed by atoms with Gasteiger partial charge < -0.3 is 0 Å². The van der Waals surface area contributed by atoms with E-state index in [1.807, 2.05) is 6.92 Å². The molecule has 0 fully saturated rings. The Labute approximate surface area is 71.1 Å². The Morgan fingerprint density at radius 1 is 1.33 bits per heavy atom. The van der Waals surface area contributed by atoms with Crippen LogP contribution in [0.1, 0.15) is 26.7 Å². The summed E-state index contributed by atoms with van der Waals surface area (Å²) in [7, 11) is 0. The Hall–Kier alpha value is -1.32. The Bertz CT molecular complexity index is 195. The van der Waals surface area contributed by atoms with Crippen molar-refractivity contribution in [1.82, 2.24) is 0 Å². The van der Waals surface area contributed by atoms with Crippen LogP contribution in [0, 0.1) is 0 Å². The predicted molar refractivity (Wildman–Crippen MR) is 41.9 cm³/mol. The summed E-state index contributed by atoms with van der Waals surface area (Å²) in [4.78, 5) is 29.6. The molecule has 12 heavy (non-hydrogen) atoms. The summed E-state index contributed by atoms with van der Waals surface area (Å²) in [6.07, 6.45) is 0.896. The fourth-order valence-electron chi connectivity index (χ4n) is 0.401. The van der Waals surface area contributed by atoms with Crippen molar-refractivity contribution in [2.45, 2.75) is 26.7 Å². The molecule has 0 spiro atoms. The number of hydrogen-bond donors (Lipinski definition) is 0. The van der Waals surface area contributed by atoms with Crippen LogP contribution in [0.2, 0.25) is 0 Å². The molecule has 0 atom stereocenters. The molecule has 0 radical (unpaired) electrons. The predicted octanol–water partition coefficient (Wildman–Crippen LogP) is 1.36. The van der Waals surface area contributed by atoms with E-state index in [1.165, 1.54) is 6.92 Å². The Balaban J connectivity index is 3.61. The van der Waals surface area contributed by atoms with Gasteiger partial charge in [-0.1, -0.05) is 13.5 Å². The smallest absolute Gasteiger partial charge is 0.247 e. The number of carbonyl (C=O) groups excluding carboxylic acids is 2. The molecule has 0 aromatic heterocycles. The molecule has 0 N–H and O–H groups in total. The lowest BCUT2D eigenvalue weighted by atomic mass is 10.3. The van der Waals surface area contributed by atoms with E-state index in [0.29, 0.717) is 6.42 Å². The zero-order chi connectivity index (χ0) is 9.56. The summed E-state index contributed by atoms with van der Waals surface area (Å²) >= 11 is 0. The van der Waals surface area contributed by atoms with Crippen LogP contribution < -0.4 is 0 Å². The van der Waals surface area contributed by atoms with Crippen LogP contribution in [0.3, 0.4) is 0 Å². The normalized spacial score (nSPS) is 8.83. The molecule has 0 heterocycles. The van der Waals surface area contributed by atoms with Crippen molar-refractivity contribution in [2.75, 3.05) is 0 Å². The number of hydrogen-bond acceptors (Lipinski definition) is 4. The SMILES string of the molecule is C=C(C)C(=O)OOC(=O)CCC. The summed E-state index contributed by atoms with van der Waals surface area (Å²) in [6.45, 7) is 6.60. The van der Waals surface area contributed by atoms with Gasteiger partial charge >= 0.3 is 11.9 Å². The molecule has 0 aliphatic carbocycles. The van der Waals surface area contributed by atoms with Gasteiger partial charge in [-0.15, -0.1) is 0 Å². The fourth-order valence-corrected chi connectivity index (χ4v) is 0.401. The minimum absolute atomic E-state index is 0.194. The standard InChI is InChI=1S/C8H12O4/c1-4-5-7(9)11-12-8(10)6(2)3/h2,4-5H2,1,3H3. The molecule has 4 nitrogen and oxygen atoms in total. The summed E-state index contributed by atoms with van der Waals surface area (Å²) < 4.78 is 0. The lowest BCUT2D eigenvalue weighted by Crippen LogP contribution is -2.11. The minimum Gasteiger partial charge on any atom is -0.247 e. The first-order valence-corrected chi connectivity index (χ1v) is 3.65. The van der Waals surface area contributed by atoms with E-state index in [2.05, 4.69) is 16.4 Å². The third-order valence-electron chi connectivity index (χ3n) is 1.01. The van der Waals surface area contributed by atoms with Crippen LogP contribution in [-0.2, 0) is 19.4 Å². The molecular formula is C8H12O4. The Morgan fingerprint density at radius 3 is 2.33 bits per heavy atom. The average molecular weight is 172 g/mol. The second kappa shape index (κ2) is 5.35. The molecule has 0 aliphatic heterocycles. The van der Waals surface area contributed by atoms with E-state index in [9.17, 15) is 9.59 Å². The summed E-state index contributed by atoms with van der Waals surface area (Å²) in [5, 5.41) is 0. The molecule has 0 aliphatic rings. The van der Waals surface area contributed by atoms with Crippen molar-refractivity contribution in [3.63, 3.8) is 0 Å². The van der Waals surface area contributed by atoms with E-state index in [1.54, 1.807) is 0 Å². The van der Waals surface area contributed by atoms with Crippen molar-refractivity contribution in [2.24, 2.45) is 0 Å². The molecule has 0 aromatic rings. The monoisotopic (exact) mass is 172 g/mol. The lowest BCUT2D eigenvalue weighted by molar-refractivity contribution is -0.255. The minimum atomic E-state index is -0.723. The zero-order valence-electron chi connectivity index (χ0n) is 7.25. The van der Waals surface area contributed by atoms with Gasteiger partial charge in [0.15, 0.2) is 0 Å². The van der Waals surface area contributed by atoms with Gasteiger partial charge in [-0.05, 0) is 13.3 Å².